The third-order valence-electron chi connectivity index (χ3n) is 5.21. The number of urea groups is 1. The van der Waals surface area contributed by atoms with E-state index in [2.05, 4.69) is 5.32 Å². The van der Waals surface area contributed by atoms with Gasteiger partial charge in [-0.1, -0.05) is 31.4 Å². The Balaban J connectivity index is 1.42. The lowest BCUT2D eigenvalue weighted by Crippen LogP contribution is -2.55. The van der Waals surface area contributed by atoms with Crippen molar-refractivity contribution in [2.75, 3.05) is 32.8 Å². The minimum absolute atomic E-state index is 0.0202. The Morgan fingerprint density at radius 2 is 1.74 bits per heavy atom. The lowest BCUT2D eigenvalue weighted by atomic mass is 9.96. The molecule has 2 aliphatic rings. The van der Waals surface area contributed by atoms with Crippen LogP contribution in [-0.2, 0) is 4.79 Å². The summed E-state index contributed by atoms with van der Waals surface area (Å²) >= 11 is 0. The molecule has 0 bridgehead atoms. The number of ether oxygens (including phenoxy) is 1. The number of amides is 3. The molecule has 1 saturated heterocycles. The van der Waals surface area contributed by atoms with Crippen molar-refractivity contribution < 1.29 is 14.3 Å². The number of hydrogen-bond acceptors (Lipinski definition) is 4. The number of nitrogens with zero attached hydrogens (tertiary/aromatic N) is 3. The van der Waals surface area contributed by atoms with Crippen LogP contribution in [0, 0.1) is 11.3 Å². The van der Waals surface area contributed by atoms with E-state index in [1.54, 1.807) is 34.1 Å². The van der Waals surface area contributed by atoms with Crippen molar-refractivity contribution in [3.8, 4) is 11.8 Å². The average Bonchev–Trinajstić information content (AvgIpc) is 2.73. The van der Waals surface area contributed by atoms with Gasteiger partial charge in [0, 0.05) is 32.2 Å². The fraction of sp³-hybridized carbons (Fsp3) is 0.550. The van der Waals surface area contributed by atoms with Crippen molar-refractivity contribution >= 4 is 11.9 Å². The summed E-state index contributed by atoms with van der Waals surface area (Å²) in [6.45, 7) is 1.95. The fourth-order valence-electron chi connectivity index (χ4n) is 3.59. The van der Waals surface area contributed by atoms with Crippen molar-refractivity contribution in [3.63, 3.8) is 0 Å². The largest absolute Gasteiger partial charge is 0.482 e. The molecule has 1 saturated carbocycles. The van der Waals surface area contributed by atoms with E-state index in [0.717, 1.165) is 12.8 Å². The summed E-state index contributed by atoms with van der Waals surface area (Å²) in [5.74, 6) is 0.286. The summed E-state index contributed by atoms with van der Waals surface area (Å²) < 4.78 is 5.51. The van der Waals surface area contributed by atoms with E-state index < -0.39 is 0 Å². The first-order valence-corrected chi connectivity index (χ1v) is 9.62. The monoisotopic (exact) mass is 370 g/mol. The van der Waals surface area contributed by atoms with E-state index in [1.807, 2.05) is 6.07 Å². The Bertz CT molecular complexity index is 701. The zero-order valence-electron chi connectivity index (χ0n) is 15.5. The lowest BCUT2D eigenvalue weighted by Gasteiger charge is -2.36. The van der Waals surface area contributed by atoms with Crippen LogP contribution in [0.5, 0.6) is 5.75 Å². The molecular weight excluding hydrogens is 344 g/mol. The van der Waals surface area contributed by atoms with Crippen LogP contribution in [0.3, 0.4) is 0 Å². The molecule has 0 atom stereocenters. The van der Waals surface area contributed by atoms with Crippen molar-refractivity contribution in [1.82, 2.24) is 15.1 Å². The van der Waals surface area contributed by atoms with Crippen molar-refractivity contribution in [2.45, 2.75) is 38.1 Å². The Morgan fingerprint density at radius 3 is 2.44 bits per heavy atom. The number of carbonyl (C=O) groups is 2. The van der Waals surface area contributed by atoms with Gasteiger partial charge in [0.25, 0.3) is 5.91 Å². The SMILES string of the molecule is N#Cc1ccccc1OCC(=O)N1CCN(C(=O)NC2CCCCC2)CC1. The Kier molecular flexibility index (Phi) is 6.53. The van der Waals surface area contributed by atoms with E-state index in [9.17, 15) is 9.59 Å². The highest BCUT2D eigenvalue weighted by Gasteiger charge is 2.26. The molecule has 0 aromatic heterocycles. The molecule has 7 nitrogen and oxygen atoms in total. The van der Waals surface area contributed by atoms with Crippen molar-refractivity contribution in [2.24, 2.45) is 0 Å². The maximum atomic E-state index is 12.4. The maximum absolute atomic E-state index is 12.4. The first-order chi connectivity index (χ1) is 13.2. The molecule has 0 unspecified atom stereocenters. The number of piperazine rings is 1. The second kappa shape index (κ2) is 9.26. The summed E-state index contributed by atoms with van der Waals surface area (Å²) in [6.07, 6.45) is 5.75. The van der Waals surface area contributed by atoms with Crippen molar-refractivity contribution in [3.05, 3.63) is 29.8 Å². The zero-order valence-corrected chi connectivity index (χ0v) is 15.5. The molecule has 3 amide bonds. The molecule has 1 heterocycles. The summed E-state index contributed by atoms with van der Waals surface area (Å²) in [6, 6.07) is 9.18. The zero-order chi connectivity index (χ0) is 19.1. The number of benzene rings is 1. The number of hydrogen-bond donors (Lipinski definition) is 1. The summed E-state index contributed by atoms with van der Waals surface area (Å²) in [5, 5.41) is 12.2. The van der Waals surface area contributed by atoms with Crippen LogP contribution < -0.4 is 10.1 Å². The summed E-state index contributed by atoms with van der Waals surface area (Å²) in [7, 11) is 0. The third kappa shape index (κ3) is 5.13. The molecule has 7 heteroatoms. The van der Waals surface area contributed by atoms with E-state index >= 15 is 0 Å². The highest BCUT2D eigenvalue weighted by molar-refractivity contribution is 5.79. The van der Waals surface area contributed by atoms with Crippen LogP contribution in [0.25, 0.3) is 0 Å². The van der Waals surface area contributed by atoms with Gasteiger partial charge in [0.1, 0.15) is 11.8 Å². The van der Waals surface area contributed by atoms with Gasteiger partial charge in [-0.25, -0.2) is 4.79 Å². The Labute approximate surface area is 159 Å². The minimum atomic E-state index is -0.130. The second-order valence-corrected chi connectivity index (χ2v) is 7.05. The average molecular weight is 370 g/mol. The van der Waals surface area contributed by atoms with Crippen LogP contribution in [-0.4, -0.2) is 60.6 Å². The predicted molar refractivity (Wildman–Crippen MR) is 100 cm³/mol. The van der Waals surface area contributed by atoms with E-state index in [0.29, 0.717) is 43.5 Å². The number of carbonyl (C=O) groups excluding carboxylic acids is 2. The first kappa shape index (κ1) is 19.0. The fourth-order valence-corrected chi connectivity index (χ4v) is 3.59. The summed E-state index contributed by atoms with van der Waals surface area (Å²) in [5.41, 5.74) is 0.412. The van der Waals surface area contributed by atoms with Gasteiger partial charge < -0.3 is 19.9 Å². The van der Waals surface area contributed by atoms with Crippen molar-refractivity contribution in [1.29, 1.82) is 5.26 Å². The number of para-hydroxylation sites is 1. The predicted octanol–water partition coefficient (Wildman–Crippen LogP) is 2.12. The van der Waals surface area contributed by atoms with E-state index in [1.165, 1.54) is 19.3 Å². The number of nitriles is 1. The molecule has 1 aromatic rings. The van der Waals surface area contributed by atoms with Gasteiger partial charge in [-0.05, 0) is 25.0 Å². The molecule has 0 spiro atoms. The molecule has 27 heavy (non-hydrogen) atoms. The van der Waals surface area contributed by atoms with Gasteiger partial charge in [0.2, 0.25) is 0 Å². The quantitative estimate of drug-likeness (QED) is 0.880. The Morgan fingerprint density at radius 1 is 1.07 bits per heavy atom. The van der Waals surface area contributed by atoms with E-state index in [-0.39, 0.29) is 18.5 Å². The smallest absolute Gasteiger partial charge is 0.317 e. The highest BCUT2D eigenvalue weighted by Crippen LogP contribution is 2.18. The standard InChI is InChI=1S/C20H26N4O3/c21-14-16-6-4-5-9-18(16)27-15-19(25)23-10-12-24(13-11-23)20(26)22-17-7-2-1-3-8-17/h4-6,9,17H,1-3,7-8,10-13,15H2,(H,22,26). The molecule has 3 rings (SSSR count). The van der Waals surface area contributed by atoms with Gasteiger partial charge in [0.05, 0.1) is 5.56 Å². The normalized spacial score (nSPS) is 17.9. The Hall–Kier alpha value is -2.75. The van der Waals surface area contributed by atoms with Crippen LogP contribution >= 0.6 is 0 Å². The highest BCUT2D eigenvalue weighted by atomic mass is 16.5. The molecule has 0 radical (unpaired) electrons. The molecule has 1 aliphatic heterocycles. The van der Waals surface area contributed by atoms with E-state index in [4.69, 9.17) is 10.00 Å². The van der Waals surface area contributed by atoms with Crippen LogP contribution in [0.15, 0.2) is 24.3 Å². The number of nitrogens with one attached hydrogen (secondary N) is 1. The van der Waals surface area contributed by atoms with Gasteiger partial charge >= 0.3 is 6.03 Å². The minimum Gasteiger partial charge on any atom is -0.482 e. The van der Waals surface area contributed by atoms with Crippen LogP contribution in [0.4, 0.5) is 4.79 Å². The molecular formula is C20H26N4O3. The van der Waals surface area contributed by atoms with Gasteiger partial charge in [-0.15, -0.1) is 0 Å². The summed E-state index contributed by atoms with van der Waals surface area (Å²) in [4.78, 5) is 28.2. The van der Waals surface area contributed by atoms with Crippen LogP contribution in [0.1, 0.15) is 37.7 Å². The van der Waals surface area contributed by atoms with Gasteiger partial charge in [-0.3, -0.25) is 4.79 Å². The van der Waals surface area contributed by atoms with Gasteiger partial charge in [0.15, 0.2) is 6.61 Å². The molecule has 1 N–H and O–H groups in total. The maximum Gasteiger partial charge on any atom is 0.317 e. The molecule has 144 valence electrons. The molecule has 1 aliphatic carbocycles. The second-order valence-electron chi connectivity index (χ2n) is 7.05. The topological polar surface area (TPSA) is 85.7 Å². The third-order valence-corrected chi connectivity index (χ3v) is 5.21. The number of rotatable bonds is 4. The first-order valence-electron chi connectivity index (χ1n) is 9.62. The van der Waals surface area contributed by atoms with Crippen LogP contribution in [0.2, 0.25) is 0 Å². The van der Waals surface area contributed by atoms with Gasteiger partial charge in [-0.2, -0.15) is 5.26 Å². The molecule has 2 fully saturated rings. The lowest BCUT2D eigenvalue weighted by molar-refractivity contribution is -0.134. The molecule has 1 aromatic carbocycles.